The fraction of sp³-hybridized carbons (Fsp3) is 0.167. The summed E-state index contributed by atoms with van der Waals surface area (Å²) in [5.41, 5.74) is 0. The molecule has 47 heavy (non-hydrogen) atoms. The van der Waals surface area contributed by atoms with Gasteiger partial charge < -0.3 is 16.7 Å². The van der Waals surface area contributed by atoms with Gasteiger partial charge in [0.25, 0.3) is 0 Å². The Morgan fingerprint density at radius 3 is 1.00 bits per heavy atom. The van der Waals surface area contributed by atoms with Crippen LogP contribution in [-0.4, -0.2) is 75.5 Å². The SMILES string of the molecule is CS(=O)(=O)Oc1ccc2c(S(=O)(=O)OS(=O)(=O)c3ccc(OS(C)(=O)=O)c4cc(OS(C)(=O)=O)ccc34)ccc(OS(C)(=O)=O)c2c1. The molecule has 0 amide bonds. The van der Waals surface area contributed by atoms with Crippen molar-refractivity contribution in [2.75, 3.05) is 25.0 Å². The van der Waals surface area contributed by atoms with Gasteiger partial charge in [-0.2, -0.15) is 50.5 Å². The lowest BCUT2D eigenvalue weighted by molar-refractivity contribution is 0.462. The van der Waals surface area contributed by atoms with Crippen molar-refractivity contribution < 1.29 is 70.9 Å². The Labute approximate surface area is 270 Å². The average Bonchev–Trinajstić information content (AvgIpc) is 2.85. The van der Waals surface area contributed by atoms with Crippen molar-refractivity contribution in [3.8, 4) is 23.0 Å². The molecule has 0 N–H and O–H groups in total. The normalized spacial score (nSPS) is 13.4. The number of benzene rings is 4. The van der Waals surface area contributed by atoms with E-state index in [4.69, 9.17) is 16.7 Å². The van der Waals surface area contributed by atoms with E-state index in [1.807, 2.05) is 0 Å². The summed E-state index contributed by atoms with van der Waals surface area (Å²) in [5, 5.41) is -1.40. The van der Waals surface area contributed by atoms with Crippen LogP contribution in [0.15, 0.2) is 70.5 Å². The van der Waals surface area contributed by atoms with Crippen molar-refractivity contribution in [1.82, 2.24) is 0 Å². The second-order valence-corrected chi connectivity index (χ2v) is 19.2. The number of hydrogen-bond acceptors (Lipinski definition) is 17. The molecule has 0 spiro atoms. The van der Waals surface area contributed by atoms with Gasteiger partial charge in [0, 0.05) is 21.5 Å². The van der Waals surface area contributed by atoms with Crippen molar-refractivity contribution in [2.24, 2.45) is 0 Å². The topological polar surface area (TPSA) is 251 Å². The summed E-state index contributed by atoms with van der Waals surface area (Å²) in [4.78, 5) is -1.65. The first-order chi connectivity index (χ1) is 21.2. The van der Waals surface area contributed by atoms with Crippen LogP contribution in [-0.2, 0) is 64.3 Å². The van der Waals surface area contributed by atoms with E-state index in [-0.39, 0.29) is 33.0 Å². The van der Waals surface area contributed by atoms with Crippen molar-refractivity contribution in [3.63, 3.8) is 0 Å². The molecule has 0 aliphatic carbocycles. The highest BCUT2D eigenvalue weighted by Crippen LogP contribution is 2.39. The van der Waals surface area contributed by atoms with Gasteiger partial charge >= 0.3 is 60.7 Å². The fourth-order valence-electron chi connectivity index (χ4n) is 4.10. The van der Waals surface area contributed by atoms with Crippen LogP contribution in [0.25, 0.3) is 21.5 Å². The van der Waals surface area contributed by atoms with Gasteiger partial charge in [-0.15, -0.1) is 3.63 Å². The second-order valence-electron chi connectivity index (χ2n) is 9.66. The lowest BCUT2D eigenvalue weighted by atomic mass is 10.1. The predicted octanol–water partition coefficient (Wildman–Crippen LogP) is 1.44. The van der Waals surface area contributed by atoms with E-state index >= 15 is 0 Å². The Morgan fingerprint density at radius 2 is 0.702 bits per heavy atom. The quantitative estimate of drug-likeness (QED) is 0.185. The van der Waals surface area contributed by atoms with Crippen LogP contribution in [0.3, 0.4) is 0 Å². The Kier molecular flexibility index (Phi) is 9.26. The number of rotatable bonds is 12. The van der Waals surface area contributed by atoms with Crippen molar-refractivity contribution in [3.05, 3.63) is 60.7 Å². The van der Waals surface area contributed by atoms with Gasteiger partial charge in [0.2, 0.25) is 0 Å². The van der Waals surface area contributed by atoms with Gasteiger partial charge in [0.05, 0.1) is 25.0 Å². The first kappa shape index (κ1) is 36.1. The molecule has 0 atom stereocenters. The molecule has 4 aromatic rings. The number of hydrogen-bond donors (Lipinski definition) is 0. The Balaban J connectivity index is 1.88. The summed E-state index contributed by atoms with van der Waals surface area (Å²) in [6.07, 6.45) is 2.80. The minimum Gasteiger partial charge on any atom is -0.383 e. The Bertz CT molecular complexity index is 2430. The zero-order valence-electron chi connectivity index (χ0n) is 24.2. The molecule has 4 rings (SSSR count). The molecule has 17 nitrogen and oxygen atoms in total. The molecule has 0 aliphatic heterocycles. The van der Waals surface area contributed by atoms with Gasteiger partial charge in [0.1, 0.15) is 21.3 Å². The fourth-order valence-corrected chi connectivity index (χ4v) is 8.84. The largest absolute Gasteiger partial charge is 0.383 e. The van der Waals surface area contributed by atoms with Crippen molar-refractivity contribution in [1.29, 1.82) is 0 Å². The molecule has 23 heteroatoms. The highest BCUT2D eigenvalue weighted by atomic mass is 32.3. The van der Waals surface area contributed by atoms with Gasteiger partial charge in [-0.25, -0.2) is 0 Å². The molecule has 0 unspecified atom stereocenters. The van der Waals surface area contributed by atoms with Gasteiger partial charge in [-0.05, 0) is 60.7 Å². The van der Waals surface area contributed by atoms with E-state index in [0.717, 1.165) is 60.7 Å². The molecular weight excluding hydrogens is 753 g/mol. The zero-order chi connectivity index (χ0) is 35.4. The molecule has 0 saturated heterocycles. The summed E-state index contributed by atoms with van der Waals surface area (Å²) >= 11 is 0. The zero-order valence-corrected chi connectivity index (χ0v) is 29.1. The summed E-state index contributed by atoms with van der Waals surface area (Å²) in [6, 6.07) is 9.13. The molecule has 0 saturated carbocycles. The monoisotopic (exact) mass is 774 g/mol. The Morgan fingerprint density at radius 1 is 0.383 bits per heavy atom. The van der Waals surface area contributed by atoms with Crippen LogP contribution < -0.4 is 16.7 Å². The van der Waals surface area contributed by atoms with E-state index < -0.39 is 82.0 Å². The maximum Gasteiger partial charge on any atom is 0.312 e. The lowest BCUT2D eigenvalue weighted by Gasteiger charge is -2.15. The first-order valence-electron chi connectivity index (χ1n) is 12.2. The second kappa shape index (κ2) is 12.1. The van der Waals surface area contributed by atoms with Gasteiger partial charge in [0.15, 0.2) is 11.5 Å². The van der Waals surface area contributed by atoms with E-state index in [1.54, 1.807) is 0 Å². The highest BCUT2D eigenvalue weighted by molar-refractivity contribution is 8.00. The Hall–Kier alpha value is -3.74. The smallest absolute Gasteiger partial charge is 0.312 e. The standard InChI is InChI=1S/C24H22O17S6/c1-42(25,26)37-15-5-7-17-19(13-15)21(39-44(3,29)30)9-11-23(17)46(33,34)41-47(35,36)24-12-10-22(40-45(4,31)32)20-14-16(6-8-18(20)24)38-43(2,27)28/h5-14H,1-4H3. The third-order valence-electron chi connectivity index (χ3n) is 5.51. The average molecular weight is 775 g/mol. The van der Waals surface area contributed by atoms with Crippen molar-refractivity contribution in [2.45, 2.75) is 9.79 Å². The minimum absolute atomic E-state index is 0.329. The third kappa shape index (κ3) is 9.21. The van der Waals surface area contributed by atoms with Crippen LogP contribution in [0.5, 0.6) is 23.0 Å². The van der Waals surface area contributed by atoms with E-state index in [1.165, 1.54) is 0 Å². The molecule has 0 bridgehead atoms. The van der Waals surface area contributed by atoms with Gasteiger partial charge in [-0.1, -0.05) is 0 Å². The van der Waals surface area contributed by atoms with Crippen LogP contribution in [0.2, 0.25) is 0 Å². The number of fused-ring (bicyclic) bond motifs is 2. The van der Waals surface area contributed by atoms with Crippen LogP contribution in [0.1, 0.15) is 0 Å². The summed E-state index contributed by atoms with van der Waals surface area (Å²) in [7, 11) is -27.2. The van der Waals surface area contributed by atoms with E-state index in [2.05, 4.69) is 3.63 Å². The van der Waals surface area contributed by atoms with Crippen molar-refractivity contribution >= 4 is 82.3 Å². The minimum atomic E-state index is -5.32. The van der Waals surface area contributed by atoms with E-state index in [0.29, 0.717) is 25.0 Å². The molecule has 256 valence electrons. The predicted molar refractivity (Wildman–Crippen MR) is 165 cm³/mol. The molecular formula is C24H22O17S6. The lowest BCUT2D eigenvalue weighted by Crippen LogP contribution is -2.16. The molecule has 0 heterocycles. The summed E-state index contributed by atoms with van der Waals surface area (Å²) in [5.74, 6) is -1.68. The van der Waals surface area contributed by atoms with Crippen LogP contribution in [0, 0.1) is 0 Å². The molecule has 0 aliphatic rings. The molecule has 0 aromatic heterocycles. The maximum atomic E-state index is 13.5. The molecule has 0 radical (unpaired) electrons. The summed E-state index contributed by atoms with van der Waals surface area (Å²) < 4.78 is 172. The van der Waals surface area contributed by atoms with E-state index in [9.17, 15) is 50.5 Å². The molecule has 0 fully saturated rings. The summed E-state index contributed by atoms with van der Waals surface area (Å²) in [6.45, 7) is 0. The van der Waals surface area contributed by atoms with Crippen LogP contribution >= 0.6 is 0 Å². The molecule has 4 aromatic carbocycles. The highest BCUT2D eigenvalue weighted by Gasteiger charge is 2.31. The first-order valence-corrected chi connectivity index (χ1v) is 22.2. The maximum absolute atomic E-state index is 13.5. The third-order valence-corrected chi connectivity index (χ3v) is 10.7. The van der Waals surface area contributed by atoms with Gasteiger partial charge in [-0.3, -0.25) is 0 Å². The van der Waals surface area contributed by atoms with Crippen LogP contribution in [0.4, 0.5) is 0 Å².